The third-order valence-corrected chi connectivity index (χ3v) is 2.49. The Kier molecular flexibility index (Phi) is 2.68. The van der Waals surface area contributed by atoms with E-state index in [0.29, 0.717) is 12.0 Å². The quantitative estimate of drug-likeness (QED) is 0.784. The highest BCUT2D eigenvalue weighted by Crippen LogP contribution is 2.26. The number of aldehydes is 1. The number of hydrogen-bond donors (Lipinski definition) is 0. The van der Waals surface area contributed by atoms with Crippen molar-refractivity contribution in [2.45, 2.75) is 6.92 Å². The SMILES string of the molecule is Cc1nc(C=O)oc1-c1cccc(Br)c1. The zero-order chi connectivity index (χ0) is 10.8. The molecule has 0 aliphatic carbocycles. The number of halogens is 1. The Labute approximate surface area is 95.3 Å². The second-order valence-electron chi connectivity index (χ2n) is 3.09. The average Bonchev–Trinajstić information content (AvgIpc) is 2.60. The molecule has 0 saturated heterocycles. The van der Waals surface area contributed by atoms with Crippen LogP contribution < -0.4 is 0 Å². The fourth-order valence-corrected chi connectivity index (χ4v) is 1.76. The normalized spacial score (nSPS) is 10.3. The van der Waals surface area contributed by atoms with Crippen LogP contribution in [-0.4, -0.2) is 11.3 Å². The third-order valence-electron chi connectivity index (χ3n) is 2.00. The molecule has 1 aromatic heterocycles. The highest BCUT2D eigenvalue weighted by atomic mass is 79.9. The summed E-state index contributed by atoms with van der Waals surface area (Å²) in [5, 5.41) is 0. The van der Waals surface area contributed by atoms with Gasteiger partial charge in [0.1, 0.15) is 0 Å². The summed E-state index contributed by atoms with van der Waals surface area (Å²) < 4.78 is 6.27. The molecule has 4 heteroatoms. The van der Waals surface area contributed by atoms with Gasteiger partial charge in [0.15, 0.2) is 5.76 Å². The van der Waals surface area contributed by atoms with E-state index in [9.17, 15) is 4.79 Å². The molecule has 0 spiro atoms. The zero-order valence-electron chi connectivity index (χ0n) is 8.03. The molecule has 0 N–H and O–H groups in total. The first-order valence-electron chi connectivity index (χ1n) is 4.39. The molecule has 0 fully saturated rings. The van der Waals surface area contributed by atoms with Gasteiger partial charge in [0.25, 0.3) is 5.89 Å². The van der Waals surface area contributed by atoms with Crippen LogP contribution in [0, 0.1) is 6.92 Å². The van der Waals surface area contributed by atoms with Gasteiger partial charge in [-0.3, -0.25) is 4.79 Å². The number of oxazole rings is 1. The van der Waals surface area contributed by atoms with Crippen molar-refractivity contribution in [2.75, 3.05) is 0 Å². The van der Waals surface area contributed by atoms with Gasteiger partial charge in [-0.05, 0) is 19.1 Å². The lowest BCUT2D eigenvalue weighted by Crippen LogP contribution is -1.78. The third kappa shape index (κ3) is 1.99. The molecule has 0 bridgehead atoms. The number of aryl methyl sites for hydroxylation is 1. The average molecular weight is 266 g/mol. The van der Waals surface area contributed by atoms with E-state index in [4.69, 9.17) is 4.42 Å². The van der Waals surface area contributed by atoms with E-state index >= 15 is 0 Å². The summed E-state index contributed by atoms with van der Waals surface area (Å²) in [5.41, 5.74) is 1.62. The summed E-state index contributed by atoms with van der Waals surface area (Å²) >= 11 is 3.38. The van der Waals surface area contributed by atoms with Crippen LogP contribution in [0.25, 0.3) is 11.3 Å². The fraction of sp³-hybridized carbons (Fsp3) is 0.0909. The van der Waals surface area contributed by atoms with Gasteiger partial charge in [-0.1, -0.05) is 28.1 Å². The Balaban J connectivity index is 2.53. The number of rotatable bonds is 2. The van der Waals surface area contributed by atoms with Gasteiger partial charge in [-0.15, -0.1) is 0 Å². The Morgan fingerprint density at radius 2 is 2.27 bits per heavy atom. The molecule has 15 heavy (non-hydrogen) atoms. The van der Waals surface area contributed by atoms with Crippen LogP contribution in [0.5, 0.6) is 0 Å². The van der Waals surface area contributed by atoms with Gasteiger partial charge in [0.2, 0.25) is 6.29 Å². The summed E-state index contributed by atoms with van der Waals surface area (Å²) in [6.07, 6.45) is 0.606. The van der Waals surface area contributed by atoms with E-state index in [0.717, 1.165) is 15.7 Å². The van der Waals surface area contributed by atoms with E-state index < -0.39 is 0 Å². The molecule has 2 aromatic rings. The summed E-state index contributed by atoms with van der Waals surface area (Å²) in [5.74, 6) is 0.751. The standard InChI is InChI=1S/C11H8BrNO2/c1-7-11(15-10(6-14)13-7)8-3-2-4-9(12)5-8/h2-6H,1H3. The lowest BCUT2D eigenvalue weighted by molar-refractivity contribution is 0.109. The van der Waals surface area contributed by atoms with Crippen LogP contribution in [0.4, 0.5) is 0 Å². The number of benzene rings is 1. The number of carbonyl (C=O) groups excluding carboxylic acids is 1. The van der Waals surface area contributed by atoms with Gasteiger partial charge in [-0.25, -0.2) is 4.98 Å². The van der Waals surface area contributed by atoms with Crippen LogP contribution in [0.3, 0.4) is 0 Å². The lowest BCUT2D eigenvalue weighted by atomic mass is 10.1. The number of nitrogens with zero attached hydrogens (tertiary/aromatic N) is 1. The first-order valence-corrected chi connectivity index (χ1v) is 5.18. The summed E-state index contributed by atoms with van der Waals surface area (Å²) in [7, 11) is 0. The zero-order valence-corrected chi connectivity index (χ0v) is 9.61. The van der Waals surface area contributed by atoms with Crippen molar-refractivity contribution in [1.29, 1.82) is 0 Å². The van der Waals surface area contributed by atoms with Crippen molar-refractivity contribution in [3.05, 3.63) is 40.3 Å². The molecule has 1 heterocycles. The maximum atomic E-state index is 10.5. The predicted molar refractivity (Wildman–Crippen MR) is 59.8 cm³/mol. The molecular formula is C11H8BrNO2. The molecule has 1 aromatic carbocycles. The van der Waals surface area contributed by atoms with Crippen molar-refractivity contribution in [1.82, 2.24) is 4.98 Å². The fourth-order valence-electron chi connectivity index (χ4n) is 1.37. The van der Waals surface area contributed by atoms with Gasteiger partial charge < -0.3 is 4.42 Å². The lowest BCUT2D eigenvalue weighted by Gasteiger charge is -1.97. The van der Waals surface area contributed by atoms with Crippen molar-refractivity contribution in [2.24, 2.45) is 0 Å². The second-order valence-corrected chi connectivity index (χ2v) is 4.01. The molecule has 0 radical (unpaired) electrons. The minimum absolute atomic E-state index is 0.113. The van der Waals surface area contributed by atoms with Crippen LogP contribution >= 0.6 is 15.9 Å². The summed E-state index contributed by atoms with van der Waals surface area (Å²) in [4.78, 5) is 14.5. The Morgan fingerprint density at radius 3 is 2.87 bits per heavy atom. The van der Waals surface area contributed by atoms with Gasteiger partial charge in [0, 0.05) is 10.0 Å². The highest BCUT2D eigenvalue weighted by Gasteiger charge is 2.10. The van der Waals surface area contributed by atoms with E-state index in [-0.39, 0.29) is 5.89 Å². The second kappa shape index (κ2) is 3.98. The molecule has 2 rings (SSSR count). The number of carbonyl (C=O) groups is 1. The monoisotopic (exact) mass is 265 g/mol. The van der Waals surface area contributed by atoms with Crippen molar-refractivity contribution >= 4 is 22.2 Å². The molecule has 0 aliphatic rings. The number of hydrogen-bond acceptors (Lipinski definition) is 3. The van der Waals surface area contributed by atoms with Crippen LogP contribution in [0.1, 0.15) is 16.4 Å². The Bertz CT molecular complexity index is 505. The van der Waals surface area contributed by atoms with Crippen molar-refractivity contribution < 1.29 is 9.21 Å². The minimum Gasteiger partial charge on any atom is -0.434 e. The minimum atomic E-state index is 0.113. The van der Waals surface area contributed by atoms with Gasteiger partial charge in [0.05, 0.1) is 5.69 Å². The topological polar surface area (TPSA) is 43.1 Å². The maximum Gasteiger partial charge on any atom is 0.260 e. The van der Waals surface area contributed by atoms with Crippen molar-refractivity contribution in [3.8, 4) is 11.3 Å². The smallest absolute Gasteiger partial charge is 0.260 e. The van der Waals surface area contributed by atoms with Gasteiger partial charge >= 0.3 is 0 Å². The highest BCUT2D eigenvalue weighted by molar-refractivity contribution is 9.10. The predicted octanol–water partition coefficient (Wildman–Crippen LogP) is 3.23. The molecule has 0 amide bonds. The molecular weight excluding hydrogens is 258 g/mol. The van der Waals surface area contributed by atoms with E-state index in [1.165, 1.54) is 0 Å². The first kappa shape index (κ1) is 10.1. The summed E-state index contributed by atoms with van der Waals surface area (Å²) in [6, 6.07) is 7.66. The summed E-state index contributed by atoms with van der Waals surface area (Å²) in [6.45, 7) is 1.81. The van der Waals surface area contributed by atoms with E-state index in [1.807, 2.05) is 31.2 Å². The molecule has 0 saturated carbocycles. The van der Waals surface area contributed by atoms with E-state index in [1.54, 1.807) is 0 Å². The van der Waals surface area contributed by atoms with Crippen LogP contribution in [-0.2, 0) is 0 Å². The Hall–Kier alpha value is -1.42. The molecule has 0 aliphatic heterocycles. The van der Waals surface area contributed by atoms with Crippen molar-refractivity contribution in [3.63, 3.8) is 0 Å². The largest absolute Gasteiger partial charge is 0.434 e. The molecule has 76 valence electrons. The van der Waals surface area contributed by atoms with Crippen LogP contribution in [0.2, 0.25) is 0 Å². The Morgan fingerprint density at radius 1 is 1.47 bits per heavy atom. The van der Waals surface area contributed by atoms with E-state index in [2.05, 4.69) is 20.9 Å². The molecule has 0 atom stereocenters. The maximum absolute atomic E-state index is 10.5. The molecule has 0 unspecified atom stereocenters. The van der Waals surface area contributed by atoms with Gasteiger partial charge in [-0.2, -0.15) is 0 Å². The van der Waals surface area contributed by atoms with Crippen LogP contribution in [0.15, 0.2) is 33.2 Å². The molecule has 3 nitrogen and oxygen atoms in total. The first-order chi connectivity index (χ1) is 7.20. The number of aromatic nitrogens is 1.